The standard InChI is InChI=1S/C27H20ClF3N4O3S/c1-15-33-23(27(29,30)31)14-35(15)22-10-9-18(17-6-4-7-19(12-17)39(3,36)37)13-21(22)24-25(38-16(2)34-24)20-8-5-11-32-26(20)28/h4-14H,1-3H3. The van der Waals surface area contributed by atoms with E-state index in [1.807, 2.05) is 0 Å². The average Bonchev–Trinajstić information content (AvgIpc) is 3.46. The maximum atomic E-state index is 13.5. The average molecular weight is 573 g/mol. The SMILES string of the molecule is Cc1nc(-c2cc(-c3cccc(S(C)(=O)=O)c3)ccc2-n2cc(C(F)(F)F)nc2C)c(-c2cccnc2Cl)o1. The van der Waals surface area contributed by atoms with Crippen LogP contribution in [0.1, 0.15) is 17.4 Å². The second-order valence-corrected chi connectivity index (χ2v) is 11.2. The Morgan fingerprint density at radius 1 is 0.949 bits per heavy atom. The number of sulfone groups is 1. The highest BCUT2D eigenvalue weighted by atomic mass is 35.5. The summed E-state index contributed by atoms with van der Waals surface area (Å²) in [6.07, 6.45) is -1.09. The third kappa shape index (κ3) is 5.19. The quantitative estimate of drug-likeness (QED) is 0.212. The van der Waals surface area contributed by atoms with Crippen molar-refractivity contribution in [3.63, 3.8) is 0 Å². The van der Waals surface area contributed by atoms with Crippen LogP contribution in [0, 0.1) is 13.8 Å². The summed E-state index contributed by atoms with van der Waals surface area (Å²) >= 11 is 6.35. The molecule has 12 heteroatoms. The van der Waals surface area contributed by atoms with Gasteiger partial charge in [-0.3, -0.25) is 0 Å². The van der Waals surface area contributed by atoms with Gasteiger partial charge in [-0.15, -0.1) is 0 Å². The van der Waals surface area contributed by atoms with Crippen molar-refractivity contribution in [3.8, 4) is 39.4 Å². The van der Waals surface area contributed by atoms with Crippen LogP contribution in [-0.2, 0) is 16.0 Å². The van der Waals surface area contributed by atoms with Crippen LogP contribution < -0.4 is 0 Å². The lowest BCUT2D eigenvalue weighted by Gasteiger charge is -2.14. The molecule has 200 valence electrons. The Bertz CT molecular complexity index is 1830. The predicted molar refractivity (Wildman–Crippen MR) is 140 cm³/mol. The maximum Gasteiger partial charge on any atom is 0.434 e. The van der Waals surface area contributed by atoms with Crippen molar-refractivity contribution >= 4 is 21.4 Å². The maximum absolute atomic E-state index is 13.5. The molecule has 0 unspecified atom stereocenters. The molecule has 0 aliphatic carbocycles. The Kier molecular flexibility index (Phi) is 6.59. The number of halogens is 4. The van der Waals surface area contributed by atoms with Crippen LogP contribution in [0.4, 0.5) is 13.2 Å². The molecule has 39 heavy (non-hydrogen) atoms. The van der Waals surface area contributed by atoms with Gasteiger partial charge in [0.05, 0.1) is 16.1 Å². The number of benzene rings is 2. The fourth-order valence-electron chi connectivity index (χ4n) is 4.22. The minimum absolute atomic E-state index is 0.108. The van der Waals surface area contributed by atoms with E-state index in [1.54, 1.807) is 49.4 Å². The predicted octanol–water partition coefficient (Wildman–Crippen LogP) is 6.95. The van der Waals surface area contributed by atoms with Crippen molar-refractivity contribution in [2.75, 3.05) is 6.26 Å². The summed E-state index contributed by atoms with van der Waals surface area (Å²) in [4.78, 5) is 12.5. The summed E-state index contributed by atoms with van der Waals surface area (Å²) in [5, 5.41) is 0.159. The Morgan fingerprint density at radius 3 is 2.36 bits per heavy atom. The number of hydrogen-bond donors (Lipinski definition) is 0. The van der Waals surface area contributed by atoms with E-state index in [9.17, 15) is 21.6 Å². The van der Waals surface area contributed by atoms with Crippen LogP contribution >= 0.6 is 11.6 Å². The minimum Gasteiger partial charge on any atom is -0.440 e. The number of oxazole rings is 1. The van der Waals surface area contributed by atoms with Gasteiger partial charge in [0.25, 0.3) is 0 Å². The highest BCUT2D eigenvalue weighted by Gasteiger charge is 2.35. The Morgan fingerprint density at radius 2 is 1.69 bits per heavy atom. The minimum atomic E-state index is -4.64. The molecule has 0 spiro atoms. The van der Waals surface area contributed by atoms with Gasteiger partial charge in [0, 0.05) is 31.1 Å². The van der Waals surface area contributed by atoms with Crippen molar-refractivity contribution in [3.05, 3.63) is 89.6 Å². The van der Waals surface area contributed by atoms with Gasteiger partial charge >= 0.3 is 6.18 Å². The molecule has 0 aliphatic rings. The van der Waals surface area contributed by atoms with Gasteiger partial charge in [-0.2, -0.15) is 13.2 Å². The first-order valence-electron chi connectivity index (χ1n) is 11.5. The Labute approximate surface area is 226 Å². The van der Waals surface area contributed by atoms with Crippen LogP contribution in [-0.4, -0.2) is 34.2 Å². The molecule has 3 aromatic heterocycles. The van der Waals surface area contributed by atoms with Gasteiger partial charge in [0.2, 0.25) is 0 Å². The third-order valence-corrected chi connectivity index (χ3v) is 7.43. The normalized spacial score (nSPS) is 12.2. The van der Waals surface area contributed by atoms with Crippen LogP contribution in [0.3, 0.4) is 0 Å². The van der Waals surface area contributed by atoms with E-state index >= 15 is 0 Å². The van der Waals surface area contributed by atoms with Crippen molar-refractivity contribution in [1.82, 2.24) is 19.5 Å². The molecule has 0 saturated carbocycles. The van der Waals surface area contributed by atoms with Gasteiger partial charge in [-0.05, 0) is 54.4 Å². The first-order chi connectivity index (χ1) is 18.3. The molecule has 3 heterocycles. The molecule has 5 rings (SSSR count). The topological polar surface area (TPSA) is 90.9 Å². The molecule has 0 atom stereocenters. The monoisotopic (exact) mass is 572 g/mol. The number of alkyl halides is 3. The molecular formula is C27H20ClF3N4O3S. The lowest BCUT2D eigenvalue weighted by molar-refractivity contribution is -0.141. The highest BCUT2D eigenvalue weighted by molar-refractivity contribution is 7.90. The van der Waals surface area contributed by atoms with Crippen LogP contribution in [0.25, 0.3) is 39.4 Å². The summed E-state index contributed by atoms with van der Waals surface area (Å²) in [5.74, 6) is 0.688. The Balaban J connectivity index is 1.79. The Hall–Kier alpha value is -3.96. The fraction of sp³-hybridized carbons (Fsp3) is 0.148. The molecule has 0 bridgehead atoms. The second-order valence-electron chi connectivity index (χ2n) is 8.83. The van der Waals surface area contributed by atoms with Gasteiger partial charge < -0.3 is 8.98 Å². The van der Waals surface area contributed by atoms with Crippen LogP contribution in [0.15, 0.2) is 76.3 Å². The zero-order chi connectivity index (χ0) is 28.1. The van der Waals surface area contributed by atoms with Crippen LogP contribution in [0.2, 0.25) is 5.15 Å². The molecule has 0 N–H and O–H groups in total. The molecular weight excluding hydrogens is 553 g/mol. The summed E-state index contributed by atoms with van der Waals surface area (Å²) in [5.41, 5.74) is 1.69. The number of aromatic nitrogens is 4. The van der Waals surface area contributed by atoms with E-state index in [0.717, 1.165) is 12.5 Å². The van der Waals surface area contributed by atoms with Gasteiger partial charge in [0.1, 0.15) is 16.7 Å². The molecule has 2 aromatic carbocycles. The summed E-state index contributed by atoms with van der Waals surface area (Å²) < 4.78 is 72.0. The van der Waals surface area contributed by atoms with Crippen LogP contribution in [0.5, 0.6) is 0 Å². The van der Waals surface area contributed by atoms with Gasteiger partial charge in [-0.1, -0.05) is 29.8 Å². The zero-order valence-corrected chi connectivity index (χ0v) is 22.4. The summed E-state index contributed by atoms with van der Waals surface area (Å²) in [6.45, 7) is 3.11. The molecule has 0 saturated heterocycles. The van der Waals surface area contributed by atoms with E-state index in [-0.39, 0.29) is 21.6 Å². The van der Waals surface area contributed by atoms with Crippen molar-refractivity contribution in [2.45, 2.75) is 24.9 Å². The largest absolute Gasteiger partial charge is 0.440 e. The van der Waals surface area contributed by atoms with E-state index in [1.165, 1.54) is 29.8 Å². The van der Waals surface area contributed by atoms with Crippen molar-refractivity contribution in [2.24, 2.45) is 0 Å². The molecule has 0 aliphatic heterocycles. The number of pyridine rings is 1. The molecule has 0 fully saturated rings. The molecule has 5 aromatic rings. The zero-order valence-electron chi connectivity index (χ0n) is 20.8. The number of hydrogen-bond acceptors (Lipinski definition) is 6. The van der Waals surface area contributed by atoms with E-state index < -0.39 is 21.7 Å². The number of aryl methyl sites for hydroxylation is 2. The smallest absolute Gasteiger partial charge is 0.434 e. The van der Waals surface area contributed by atoms with Gasteiger partial charge in [0.15, 0.2) is 27.2 Å². The summed E-state index contributed by atoms with van der Waals surface area (Å²) in [6, 6.07) is 14.8. The van der Waals surface area contributed by atoms with Crippen molar-refractivity contribution in [1.29, 1.82) is 0 Å². The number of nitrogens with zero attached hydrogens (tertiary/aromatic N) is 4. The lowest BCUT2D eigenvalue weighted by Crippen LogP contribution is -2.05. The molecule has 0 amide bonds. The summed E-state index contributed by atoms with van der Waals surface area (Å²) in [7, 11) is -3.48. The molecule has 0 radical (unpaired) electrons. The molecule has 7 nitrogen and oxygen atoms in total. The highest BCUT2D eigenvalue weighted by Crippen LogP contribution is 2.41. The lowest BCUT2D eigenvalue weighted by atomic mass is 9.98. The number of rotatable bonds is 5. The fourth-order valence-corrected chi connectivity index (χ4v) is 5.09. The van der Waals surface area contributed by atoms with E-state index in [0.29, 0.717) is 39.5 Å². The first kappa shape index (κ1) is 26.6. The second kappa shape index (κ2) is 9.65. The number of imidazole rings is 1. The first-order valence-corrected chi connectivity index (χ1v) is 13.8. The van der Waals surface area contributed by atoms with E-state index in [4.69, 9.17) is 16.0 Å². The van der Waals surface area contributed by atoms with E-state index in [2.05, 4.69) is 15.0 Å². The van der Waals surface area contributed by atoms with Gasteiger partial charge in [-0.25, -0.2) is 23.4 Å². The van der Waals surface area contributed by atoms with Crippen molar-refractivity contribution < 1.29 is 26.0 Å². The third-order valence-electron chi connectivity index (χ3n) is 6.02.